The molecule has 3 heterocycles. The molecule has 8 heteroatoms. The standard InChI is InChI=1S/C14H12ClN5OS/c1-19(7-11-2-3-12(15)22-11)14(21)10-4-5-17-13(6-10)20-9-16-8-18-20/h2-6,8-9H,7H2,1H3. The smallest absolute Gasteiger partial charge is 0.254 e. The van der Waals surface area contributed by atoms with Gasteiger partial charge in [0.2, 0.25) is 0 Å². The molecule has 0 aliphatic rings. The van der Waals surface area contributed by atoms with Gasteiger partial charge in [-0.3, -0.25) is 4.79 Å². The molecule has 3 aromatic heterocycles. The Morgan fingerprint density at radius 3 is 2.95 bits per heavy atom. The van der Waals surface area contributed by atoms with Gasteiger partial charge in [0.15, 0.2) is 5.82 Å². The van der Waals surface area contributed by atoms with Crippen LogP contribution < -0.4 is 0 Å². The van der Waals surface area contributed by atoms with E-state index in [1.807, 2.05) is 12.1 Å². The quantitative estimate of drug-likeness (QED) is 0.736. The summed E-state index contributed by atoms with van der Waals surface area (Å²) in [6, 6.07) is 7.12. The van der Waals surface area contributed by atoms with Gasteiger partial charge in [-0.05, 0) is 24.3 Å². The first-order chi connectivity index (χ1) is 10.6. The molecule has 0 radical (unpaired) electrons. The van der Waals surface area contributed by atoms with E-state index in [2.05, 4.69) is 15.1 Å². The highest BCUT2D eigenvalue weighted by atomic mass is 35.5. The molecule has 3 aromatic rings. The molecule has 3 rings (SSSR count). The second-order valence-corrected chi connectivity index (χ2v) is 6.41. The lowest BCUT2D eigenvalue weighted by Gasteiger charge is -2.16. The third-order valence-electron chi connectivity index (χ3n) is 3.01. The van der Waals surface area contributed by atoms with Crippen LogP contribution in [0.15, 0.2) is 43.1 Å². The van der Waals surface area contributed by atoms with Gasteiger partial charge >= 0.3 is 0 Å². The van der Waals surface area contributed by atoms with Crippen LogP contribution in [0.2, 0.25) is 4.34 Å². The average molecular weight is 334 g/mol. The molecule has 0 aliphatic heterocycles. The number of hydrogen-bond donors (Lipinski definition) is 0. The number of halogens is 1. The molecule has 0 fully saturated rings. The van der Waals surface area contributed by atoms with Crippen LogP contribution in [0.1, 0.15) is 15.2 Å². The molecule has 0 spiro atoms. The van der Waals surface area contributed by atoms with Crippen molar-refractivity contribution < 1.29 is 4.79 Å². The number of aromatic nitrogens is 4. The van der Waals surface area contributed by atoms with Gasteiger partial charge in [0.1, 0.15) is 12.7 Å². The first-order valence-corrected chi connectivity index (χ1v) is 7.63. The zero-order valence-electron chi connectivity index (χ0n) is 11.7. The number of thiophene rings is 1. The van der Waals surface area contributed by atoms with Crippen molar-refractivity contribution in [3.63, 3.8) is 0 Å². The first kappa shape index (κ1) is 14.7. The monoisotopic (exact) mass is 333 g/mol. The highest BCUT2D eigenvalue weighted by Crippen LogP contribution is 2.22. The van der Waals surface area contributed by atoms with Crippen molar-refractivity contribution in [2.45, 2.75) is 6.54 Å². The lowest BCUT2D eigenvalue weighted by Crippen LogP contribution is -2.26. The second kappa shape index (κ2) is 6.25. The van der Waals surface area contributed by atoms with Crippen molar-refractivity contribution >= 4 is 28.8 Å². The van der Waals surface area contributed by atoms with Crippen LogP contribution in [0, 0.1) is 0 Å². The third kappa shape index (κ3) is 3.15. The summed E-state index contributed by atoms with van der Waals surface area (Å²) in [6.07, 6.45) is 4.54. The summed E-state index contributed by atoms with van der Waals surface area (Å²) >= 11 is 7.38. The van der Waals surface area contributed by atoms with Crippen LogP contribution in [0.4, 0.5) is 0 Å². The summed E-state index contributed by atoms with van der Waals surface area (Å²) in [5.74, 6) is 0.462. The van der Waals surface area contributed by atoms with E-state index in [9.17, 15) is 4.79 Å². The van der Waals surface area contributed by atoms with Crippen LogP contribution in [-0.2, 0) is 6.54 Å². The minimum atomic E-state index is -0.0895. The van der Waals surface area contributed by atoms with E-state index < -0.39 is 0 Å². The molecule has 0 N–H and O–H groups in total. The Bertz CT molecular complexity index is 786. The van der Waals surface area contributed by atoms with Gasteiger partial charge in [-0.2, -0.15) is 5.10 Å². The van der Waals surface area contributed by atoms with Crippen molar-refractivity contribution in [3.8, 4) is 5.82 Å². The molecular weight excluding hydrogens is 322 g/mol. The maximum Gasteiger partial charge on any atom is 0.254 e. The van der Waals surface area contributed by atoms with Gasteiger partial charge in [0, 0.05) is 23.7 Å². The Labute approximate surface area is 136 Å². The maximum absolute atomic E-state index is 12.5. The van der Waals surface area contributed by atoms with E-state index in [4.69, 9.17) is 11.6 Å². The number of amides is 1. The first-order valence-electron chi connectivity index (χ1n) is 6.44. The molecule has 0 aromatic carbocycles. The Morgan fingerprint density at radius 2 is 2.27 bits per heavy atom. The van der Waals surface area contributed by atoms with Crippen LogP contribution in [-0.4, -0.2) is 37.6 Å². The van der Waals surface area contributed by atoms with Crippen molar-refractivity contribution in [2.24, 2.45) is 0 Å². The molecule has 0 atom stereocenters. The van der Waals surface area contributed by atoms with E-state index in [-0.39, 0.29) is 5.91 Å². The van der Waals surface area contributed by atoms with Crippen molar-refractivity contribution in [2.75, 3.05) is 7.05 Å². The van der Waals surface area contributed by atoms with Gasteiger partial charge in [0.05, 0.1) is 10.9 Å². The van der Waals surface area contributed by atoms with E-state index >= 15 is 0 Å². The van der Waals surface area contributed by atoms with Crippen LogP contribution >= 0.6 is 22.9 Å². The lowest BCUT2D eigenvalue weighted by atomic mass is 10.2. The summed E-state index contributed by atoms with van der Waals surface area (Å²) < 4.78 is 2.23. The van der Waals surface area contributed by atoms with E-state index in [1.165, 1.54) is 28.7 Å². The fourth-order valence-electron chi connectivity index (χ4n) is 1.97. The number of hydrogen-bond acceptors (Lipinski definition) is 5. The maximum atomic E-state index is 12.5. The SMILES string of the molecule is CN(Cc1ccc(Cl)s1)C(=O)c1ccnc(-n2cncn2)c1. The number of carbonyl (C=O) groups excluding carboxylic acids is 1. The Morgan fingerprint density at radius 1 is 1.41 bits per heavy atom. The molecule has 112 valence electrons. The summed E-state index contributed by atoms with van der Waals surface area (Å²) in [7, 11) is 1.76. The highest BCUT2D eigenvalue weighted by Gasteiger charge is 2.14. The molecule has 0 aliphatic carbocycles. The minimum Gasteiger partial charge on any atom is -0.337 e. The van der Waals surface area contributed by atoms with Crippen LogP contribution in [0.3, 0.4) is 0 Å². The zero-order valence-corrected chi connectivity index (χ0v) is 13.3. The molecule has 0 unspecified atom stereocenters. The van der Waals surface area contributed by atoms with Gasteiger partial charge < -0.3 is 4.90 Å². The molecule has 1 amide bonds. The van der Waals surface area contributed by atoms with E-state index in [0.29, 0.717) is 22.3 Å². The fourth-order valence-corrected chi connectivity index (χ4v) is 3.11. The number of pyridine rings is 1. The Hall–Kier alpha value is -2.25. The summed E-state index contributed by atoms with van der Waals surface area (Å²) in [6.45, 7) is 0.511. The van der Waals surface area contributed by atoms with Crippen LogP contribution in [0.25, 0.3) is 5.82 Å². The third-order valence-corrected chi connectivity index (χ3v) is 4.23. The molecule has 0 saturated carbocycles. The van der Waals surface area contributed by atoms with E-state index in [0.717, 1.165) is 4.88 Å². The largest absolute Gasteiger partial charge is 0.337 e. The molecule has 0 bridgehead atoms. The van der Waals surface area contributed by atoms with Crippen molar-refractivity contribution in [1.29, 1.82) is 0 Å². The van der Waals surface area contributed by atoms with Crippen molar-refractivity contribution in [3.05, 3.63) is 57.9 Å². The summed E-state index contributed by atoms with van der Waals surface area (Å²) in [5, 5.41) is 4.01. The number of carbonyl (C=O) groups is 1. The fraction of sp³-hybridized carbons (Fsp3) is 0.143. The van der Waals surface area contributed by atoms with Gasteiger partial charge in [0.25, 0.3) is 5.91 Å². The zero-order chi connectivity index (χ0) is 15.5. The predicted molar refractivity (Wildman–Crippen MR) is 84.3 cm³/mol. The lowest BCUT2D eigenvalue weighted by molar-refractivity contribution is 0.0786. The van der Waals surface area contributed by atoms with E-state index in [1.54, 1.807) is 30.3 Å². The summed E-state index contributed by atoms with van der Waals surface area (Å²) in [5.41, 5.74) is 0.547. The molecule has 0 saturated heterocycles. The van der Waals surface area contributed by atoms with Gasteiger partial charge in [-0.1, -0.05) is 11.6 Å². The molecule has 6 nitrogen and oxygen atoms in total. The van der Waals surface area contributed by atoms with Crippen LogP contribution in [0.5, 0.6) is 0 Å². The highest BCUT2D eigenvalue weighted by molar-refractivity contribution is 7.16. The average Bonchev–Trinajstić information content (AvgIpc) is 3.18. The van der Waals surface area contributed by atoms with Gasteiger partial charge in [-0.15, -0.1) is 11.3 Å². The Kier molecular flexibility index (Phi) is 4.17. The topological polar surface area (TPSA) is 63.9 Å². The molecule has 22 heavy (non-hydrogen) atoms. The van der Waals surface area contributed by atoms with Crippen molar-refractivity contribution in [1.82, 2.24) is 24.6 Å². The predicted octanol–water partition coefficient (Wildman–Crippen LogP) is 2.65. The van der Waals surface area contributed by atoms with Gasteiger partial charge in [-0.25, -0.2) is 14.6 Å². The number of nitrogens with zero attached hydrogens (tertiary/aromatic N) is 5. The minimum absolute atomic E-state index is 0.0895. The normalized spacial score (nSPS) is 10.6. The Balaban J connectivity index is 1.78. The second-order valence-electron chi connectivity index (χ2n) is 4.61. The summed E-state index contributed by atoms with van der Waals surface area (Å²) in [4.78, 5) is 23.2. The molecular formula is C14H12ClN5OS. The number of rotatable bonds is 4.